The third-order valence-electron chi connectivity index (χ3n) is 8.13. The number of allylic oxidation sites excluding steroid dienone is 1. The molecular formula is C36H42N2. The van der Waals surface area contributed by atoms with Crippen LogP contribution >= 0.6 is 0 Å². The summed E-state index contributed by atoms with van der Waals surface area (Å²) in [7, 11) is 0. The fourth-order valence-corrected chi connectivity index (χ4v) is 6.09. The lowest BCUT2D eigenvalue weighted by molar-refractivity contribution is 0.832. The molecule has 3 aromatic rings. The van der Waals surface area contributed by atoms with Gasteiger partial charge in [-0.3, -0.25) is 0 Å². The lowest BCUT2D eigenvalue weighted by Crippen LogP contribution is -2.15. The molecule has 0 fully saturated rings. The lowest BCUT2D eigenvalue weighted by Gasteiger charge is -2.20. The fraction of sp³-hybridized carbons (Fsp3) is 0.389. The van der Waals surface area contributed by atoms with Gasteiger partial charge in [0, 0.05) is 11.5 Å². The van der Waals surface area contributed by atoms with Gasteiger partial charge in [-0.2, -0.15) is 0 Å². The maximum atomic E-state index is 5.62. The zero-order valence-corrected chi connectivity index (χ0v) is 24.3. The van der Waals surface area contributed by atoms with E-state index in [0.29, 0.717) is 23.7 Å². The van der Waals surface area contributed by atoms with Gasteiger partial charge in [-0.25, -0.2) is 9.98 Å². The molecule has 0 saturated carbocycles. The molecule has 2 nitrogen and oxygen atoms in total. The summed E-state index contributed by atoms with van der Waals surface area (Å²) in [5.41, 5.74) is 13.7. The molecular weight excluding hydrogens is 460 g/mol. The van der Waals surface area contributed by atoms with Gasteiger partial charge >= 0.3 is 0 Å². The Bertz CT molecular complexity index is 1390. The minimum atomic E-state index is 0.235. The molecule has 0 bridgehead atoms. The minimum Gasteiger partial charge on any atom is -0.250 e. The molecule has 196 valence electrons. The Morgan fingerprint density at radius 1 is 0.605 bits per heavy atom. The Balaban J connectivity index is 1.84. The number of rotatable bonds is 6. The van der Waals surface area contributed by atoms with Gasteiger partial charge in [0.2, 0.25) is 0 Å². The molecule has 0 heterocycles. The molecule has 38 heavy (non-hydrogen) atoms. The van der Waals surface area contributed by atoms with Crippen LogP contribution in [0.15, 0.2) is 70.7 Å². The van der Waals surface area contributed by atoms with Crippen molar-refractivity contribution in [2.75, 3.05) is 0 Å². The molecule has 0 amide bonds. The van der Waals surface area contributed by atoms with Gasteiger partial charge in [0.1, 0.15) is 0 Å². The first kappa shape index (κ1) is 26.4. The lowest BCUT2D eigenvalue weighted by atomic mass is 9.87. The summed E-state index contributed by atoms with van der Waals surface area (Å²) in [5, 5.41) is 0. The van der Waals surface area contributed by atoms with Crippen molar-refractivity contribution < 1.29 is 0 Å². The molecule has 5 rings (SSSR count). The molecule has 0 saturated heterocycles. The molecule has 2 aliphatic carbocycles. The predicted octanol–water partition coefficient (Wildman–Crippen LogP) is 10.6. The summed E-state index contributed by atoms with van der Waals surface area (Å²) >= 11 is 0. The second kappa shape index (κ2) is 10.5. The zero-order valence-electron chi connectivity index (χ0n) is 24.3. The standard InChI is InChI=1S/C36H42N2/c1-21(2)26-15-11-16-27(22(3)4)33(26)37-35-30-19-9-13-25-14-10-20-31(32(25)30)36(35)38-34-28(23(5)6)17-12-18-29(34)24(7)8/h9-19,21-24,31H,20H2,1-8H3. The normalized spacial score (nSPS) is 18.6. The van der Waals surface area contributed by atoms with Crippen molar-refractivity contribution in [2.24, 2.45) is 9.98 Å². The Morgan fingerprint density at radius 3 is 1.58 bits per heavy atom. The van der Waals surface area contributed by atoms with Crippen molar-refractivity contribution in [3.63, 3.8) is 0 Å². The largest absolute Gasteiger partial charge is 0.250 e. The Morgan fingerprint density at radius 2 is 1.08 bits per heavy atom. The highest BCUT2D eigenvalue weighted by molar-refractivity contribution is 6.54. The number of para-hydroxylation sites is 2. The van der Waals surface area contributed by atoms with Crippen molar-refractivity contribution in [1.29, 1.82) is 0 Å². The average molecular weight is 503 g/mol. The number of aliphatic imine (C=N–C) groups is 2. The van der Waals surface area contributed by atoms with Crippen molar-refractivity contribution >= 4 is 28.9 Å². The second-order valence-corrected chi connectivity index (χ2v) is 12.1. The molecule has 2 aliphatic rings. The molecule has 0 aliphatic heterocycles. The third-order valence-corrected chi connectivity index (χ3v) is 8.13. The van der Waals surface area contributed by atoms with E-state index in [2.05, 4.69) is 122 Å². The quantitative estimate of drug-likeness (QED) is 0.320. The van der Waals surface area contributed by atoms with E-state index >= 15 is 0 Å². The Hall–Kier alpha value is -3.26. The van der Waals surface area contributed by atoms with Gasteiger partial charge in [0.05, 0.1) is 22.8 Å². The summed E-state index contributed by atoms with van der Waals surface area (Å²) in [6, 6.07) is 20.1. The molecule has 0 aromatic heterocycles. The van der Waals surface area contributed by atoms with Gasteiger partial charge in [-0.1, -0.05) is 122 Å². The zero-order chi connectivity index (χ0) is 27.1. The van der Waals surface area contributed by atoms with E-state index in [9.17, 15) is 0 Å². The summed E-state index contributed by atoms with van der Waals surface area (Å²) in [4.78, 5) is 11.2. The molecule has 1 unspecified atom stereocenters. The third kappa shape index (κ3) is 4.59. The topological polar surface area (TPSA) is 24.7 Å². The number of benzene rings is 3. The highest BCUT2D eigenvalue weighted by Gasteiger charge is 2.37. The molecule has 0 N–H and O–H groups in total. The van der Waals surface area contributed by atoms with E-state index in [1.54, 1.807) is 0 Å². The SMILES string of the molecule is CC(C)c1cccc(C(C)C)c1N=C1C(=Nc2c(C(C)C)cccc2C(C)C)C2CC=Cc3cccc1c32. The van der Waals surface area contributed by atoms with E-state index in [1.807, 2.05) is 0 Å². The van der Waals surface area contributed by atoms with Crippen LogP contribution in [0.5, 0.6) is 0 Å². The first-order valence-corrected chi connectivity index (χ1v) is 14.4. The van der Waals surface area contributed by atoms with Crippen LogP contribution in [0.4, 0.5) is 11.4 Å². The van der Waals surface area contributed by atoms with Crippen LogP contribution < -0.4 is 0 Å². The number of nitrogens with zero attached hydrogens (tertiary/aromatic N) is 2. The molecule has 2 heteroatoms. The van der Waals surface area contributed by atoms with Crippen LogP contribution in [-0.2, 0) is 0 Å². The monoisotopic (exact) mass is 502 g/mol. The van der Waals surface area contributed by atoms with Gasteiger partial charge in [0.25, 0.3) is 0 Å². The average Bonchev–Trinajstić information content (AvgIpc) is 3.17. The molecule has 0 spiro atoms. The highest BCUT2D eigenvalue weighted by atomic mass is 14.9. The first-order valence-electron chi connectivity index (χ1n) is 14.4. The van der Waals surface area contributed by atoms with E-state index in [0.717, 1.165) is 29.2 Å². The Labute approximate surface area is 229 Å². The molecule has 0 radical (unpaired) electrons. The van der Waals surface area contributed by atoms with Crippen molar-refractivity contribution in [2.45, 2.75) is 91.4 Å². The van der Waals surface area contributed by atoms with Gasteiger partial charge in [-0.05, 0) is 63.5 Å². The minimum absolute atomic E-state index is 0.235. The molecule has 1 atom stereocenters. The highest BCUT2D eigenvalue weighted by Crippen LogP contribution is 2.45. The van der Waals surface area contributed by atoms with Crippen LogP contribution in [0.3, 0.4) is 0 Å². The summed E-state index contributed by atoms with van der Waals surface area (Å²) in [6.45, 7) is 18.2. The summed E-state index contributed by atoms with van der Waals surface area (Å²) in [5.74, 6) is 1.81. The fourth-order valence-electron chi connectivity index (χ4n) is 6.09. The van der Waals surface area contributed by atoms with Crippen LogP contribution in [0.1, 0.15) is 130 Å². The smallest absolute Gasteiger partial charge is 0.0934 e. The van der Waals surface area contributed by atoms with Crippen LogP contribution in [0.2, 0.25) is 0 Å². The van der Waals surface area contributed by atoms with Crippen molar-refractivity contribution in [3.8, 4) is 0 Å². The maximum absolute atomic E-state index is 5.62. The van der Waals surface area contributed by atoms with E-state index < -0.39 is 0 Å². The number of hydrogen-bond donors (Lipinski definition) is 0. The van der Waals surface area contributed by atoms with Gasteiger partial charge in [0.15, 0.2) is 0 Å². The van der Waals surface area contributed by atoms with E-state index in [4.69, 9.17) is 9.98 Å². The van der Waals surface area contributed by atoms with E-state index in [-0.39, 0.29) is 5.92 Å². The van der Waals surface area contributed by atoms with Gasteiger partial charge in [-0.15, -0.1) is 0 Å². The Kier molecular flexibility index (Phi) is 7.27. The first-order chi connectivity index (χ1) is 18.2. The maximum Gasteiger partial charge on any atom is 0.0934 e. The van der Waals surface area contributed by atoms with Gasteiger partial charge < -0.3 is 0 Å². The summed E-state index contributed by atoms with van der Waals surface area (Å²) < 4.78 is 0. The molecule has 3 aromatic carbocycles. The summed E-state index contributed by atoms with van der Waals surface area (Å²) in [6.07, 6.45) is 5.55. The predicted molar refractivity (Wildman–Crippen MR) is 165 cm³/mol. The van der Waals surface area contributed by atoms with E-state index in [1.165, 1.54) is 38.9 Å². The van der Waals surface area contributed by atoms with Crippen LogP contribution in [0, 0.1) is 0 Å². The second-order valence-electron chi connectivity index (χ2n) is 12.1. The van der Waals surface area contributed by atoms with Crippen molar-refractivity contribution in [1.82, 2.24) is 0 Å². The van der Waals surface area contributed by atoms with Crippen molar-refractivity contribution in [3.05, 3.63) is 99.6 Å². The number of hydrogen-bond acceptors (Lipinski definition) is 2. The van der Waals surface area contributed by atoms with Crippen LogP contribution in [0.25, 0.3) is 6.08 Å². The van der Waals surface area contributed by atoms with Crippen LogP contribution in [-0.4, -0.2) is 11.4 Å².